The van der Waals surface area contributed by atoms with Crippen molar-refractivity contribution in [2.45, 2.75) is 12.0 Å². The average molecular weight is 402 g/mol. The number of aromatic nitrogens is 3. The first-order valence-corrected chi connectivity index (χ1v) is 9.38. The summed E-state index contributed by atoms with van der Waals surface area (Å²) < 4.78 is 3.14. The number of benzene rings is 2. The minimum atomic E-state index is -0.350. The van der Waals surface area contributed by atoms with Crippen molar-refractivity contribution in [3.8, 4) is 11.4 Å². The highest BCUT2D eigenvalue weighted by Gasteiger charge is 2.45. The Labute approximate surface area is 160 Å². The summed E-state index contributed by atoms with van der Waals surface area (Å²) >= 11 is 3.46. The Kier molecular flexibility index (Phi) is 3.54. The summed E-state index contributed by atoms with van der Waals surface area (Å²) in [4.78, 5) is 9.17. The second-order valence-electron chi connectivity index (χ2n) is 6.56. The van der Waals surface area contributed by atoms with E-state index in [0.717, 1.165) is 22.4 Å². The van der Waals surface area contributed by atoms with Gasteiger partial charge in [-0.15, -0.1) is 0 Å². The molecule has 0 aliphatic carbocycles. The smallest absolute Gasteiger partial charge is 0.141 e. The maximum absolute atomic E-state index is 4.65. The molecule has 0 amide bonds. The zero-order valence-electron chi connectivity index (χ0n) is 14.0. The average Bonchev–Trinajstić information content (AvgIpc) is 3.26. The molecular weight excluding hydrogens is 386 g/mol. The third kappa shape index (κ3) is 2.19. The zero-order chi connectivity index (χ0) is 17.6. The SMILES string of the molecule is Brc1ccc(C2(Cc3ccccc3)c3ccccc3-c3nccn32)cn1. The maximum atomic E-state index is 4.65. The van der Waals surface area contributed by atoms with E-state index in [1.165, 1.54) is 16.7 Å². The maximum Gasteiger partial charge on any atom is 0.141 e. The topological polar surface area (TPSA) is 30.7 Å². The molecule has 126 valence electrons. The van der Waals surface area contributed by atoms with Gasteiger partial charge in [0.15, 0.2) is 0 Å². The van der Waals surface area contributed by atoms with Crippen LogP contribution in [0.3, 0.4) is 0 Å². The van der Waals surface area contributed by atoms with E-state index in [4.69, 9.17) is 0 Å². The van der Waals surface area contributed by atoms with Gasteiger partial charge < -0.3 is 4.57 Å². The minimum absolute atomic E-state index is 0.350. The number of nitrogens with zero attached hydrogens (tertiary/aromatic N) is 3. The lowest BCUT2D eigenvalue weighted by Gasteiger charge is -2.33. The van der Waals surface area contributed by atoms with Crippen molar-refractivity contribution in [3.63, 3.8) is 0 Å². The molecule has 3 nitrogen and oxygen atoms in total. The van der Waals surface area contributed by atoms with Gasteiger partial charge >= 0.3 is 0 Å². The zero-order valence-corrected chi connectivity index (χ0v) is 15.6. The van der Waals surface area contributed by atoms with Gasteiger partial charge in [-0.2, -0.15) is 0 Å². The molecule has 1 aliphatic rings. The second-order valence-corrected chi connectivity index (χ2v) is 7.37. The van der Waals surface area contributed by atoms with E-state index in [-0.39, 0.29) is 5.54 Å². The van der Waals surface area contributed by atoms with E-state index in [1.54, 1.807) is 0 Å². The van der Waals surface area contributed by atoms with Gasteiger partial charge in [0.2, 0.25) is 0 Å². The lowest BCUT2D eigenvalue weighted by molar-refractivity contribution is 0.448. The molecule has 4 heteroatoms. The van der Waals surface area contributed by atoms with Crippen molar-refractivity contribution in [2.24, 2.45) is 0 Å². The summed E-state index contributed by atoms with van der Waals surface area (Å²) in [5.41, 5.74) is 4.56. The van der Waals surface area contributed by atoms with Gasteiger partial charge in [-0.3, -0.25) is 0 Å². The van der Waals surface area contributed by atoms with Crippen LogP contribution in [-0.4, -0.2) is 14.5 Å². The van der Waals surface area contributed by atoms with Gasteiger partial charge in [-0.05, 0) is 33.1 Å². The van der Waals surface area contributed by atoms with Crippen molar-refractivity contribution < 1.29 is 0 Å². The first-order chi connectivity index (χ1) is 12.8. The van der Waals surface area contributed by atoms with Crippen LogP contribution in [0.4, 0.5) is 0 Å². The van der Waals surface area contributed by atoms with Crippen LogP contribution in [0.15, 0.2) is 89.9 Å². The van der Waals surface area contributed by atoms with Crippen LogP contribution in [0, 0.1) is 0 Å². The third-order valence-corrected chi connectivity index (χ3v) is 5.64. The van der Waals surface area contributed by atoms with Crippen LogP contribution in [0.1, 0.15) is 16.7 Å². The first kappa shape index (κ1) is 15.5. The van der Waals surface area contributed by atoms with Crippen molar-refractivity contribution in [3.05, 3.63) is 107 Å². The molecule has 0 saturated carbocycles. The summed E-state index contributed by atoms with van der Waals surface area (Å²) in [6.07, 6.45) is 6.79. The van der Waals surface area contributed by atoms with Crippen molar-refractivity contribution in [2.75, 3.05) is 0 Å². The Morgan fingerprint density at radius 1 is 0.885 bits per heavy atom. The highest BCUT2D eigenvalue weighted by molar-refractivity contribution is 9.10. The molecule has 4 aromatic rings. The molecule has 1 atom stereocenters. The van der Waals surface area contributed by atoms with Gasteiger partial charge in [-0.1, -0.05) is 60.7 Å². The van der Waals surface area contributed by atoms with E-state index in [2.05, 4.69) is 97.3 Å². The Bertz CT molecular complexity index is 1070. The lowest BCUT2D eigenvalue weighted by Crippen LogP contribution is -2.35. The van der Waals surface area contributed by atoms with Crippen LogP contribution >= 0.6 is 15.9 Å². The molecular formula is C22H16BrN3. The fourth-order valence-electron chi connectivity index (χ4n) is 4.07. The summed E-state index contributed by atoms with van der Waals surface area (Å²) in [5.74, 6) is 1.01. The Hall–Kier alpha value is -2.72. The molecule has 0 saturated heterocycles. The number of halogens is 1. The normalized spacial score (nSPS) is 17.7. The summed E-state index contributed by atoms with van der Waals surface area (Å²) in [6, 6.07) is 23.4. The summed E-state index contributed by atoms with van der Waals surface area (Å²) in [7, 11) is 0. The number of fused-ring (bicyclic) bond motifs is 3. The molecule has 5 rings (SSSR count). The summed E-state index contributed by atoms with van der Waals surface area (Å²) in [6.45, 7) is 0. The number of hydrogen-bond acceptors (Lipinski definition) is 2. The van der Waals surface area contributed by atoms with Crippen molar-refractivity contribution in [1.82, 2.24) is 14.5 Å². The highest BCUT2D eigenvalue weighted by Crippen LogP contribution is 2.48. The van der Waals surface area contributed by atoms with Crippen LogP contribution in [-0.2, 0) is 12.0 Å². The summed E-state index contributed by atoms with van der Waals surface area (Å²) in [5, 5.41) is 0. The van der Waals surface area contributed by atoms with Crippen molar-refractivity contribution >= 4 is 15.9 Å². The molecule has 0 fully saturated rings. The molecule has 3 heterocycles. The largest absolute Gasteiger partial charge is 0.316 e. The number of hydrogen-bond donors (Lipinski definition) is 0. The second kappa shape index (κ2) is 5.92. The number of imidazole rings is 1. The van der Waals surface area contributed by atoms with E-state index in [1.807, 2.05) is 18.5 Å². The van der Waals surface area contributed by atoms with Crippen LogP contribution < -0.4 is 0 Å². The Balaban J connectivity index is 1.82. The van der Waals surface area contributed by atoms with Gasteiger partial charge in [0.1, 0.15) is 16.0 Å². The van der Waals surface area contributed by atoms with Crippen LogP contribution in [0.2, 0.25) is 0 Å². The van der Waals surface area contributed by atoms with E-state index in [0.29, 0.717) is 0 Å². The van der Waals surface area contributed by atoms with E-state index >= 15 is 0 Å². The first-order valence-electron chi connectivity index (χ1n) is 8.59. The molecule has 0 radical (unpaired) electrons. The molecule has 26 heavy (non-hydrogen) atoms. The monoisotopic (exact) mass is 401 g/mol. The van der Waals surface area contributed by atoms with Crippen LogP contribution in [0.5, 0.6) is 0 Å². The number of pyridine rings is 1. The molecule has 1 aliphatic heterocycles. The molecule has 0 spiro atoms. The van der Waals surface area contributed by atoms with Crippen LogP contribution in [0.25, 0.3) is 11.4 Å². The Morgan fingerprint density at radius 3 is 2.50 bits per heavy atom. The van der Waals surface area contributed by atoms with E-state index < -0.39 is 0 Å². The van der Waals surface area contributed by atoms with Gasteiger partial charge in [0.25, 0.3) is 0 Å². The molecule has 1 unspecified atom stereocenters. The quantitative estimate of drug-likeness (QED) is 0.449. The molecule has 0 bridgehead atoms. The van der Waals surface area contributed by atoms with E-state index in [9.17, 15) is 0 Å². The number of rotatable bonds is 3. The molecule has 2 aromatic carbocycles. The fraction of sp³-hybridized carbons (Fsp3) is 0.0909. The Morgan fingerprint density at radius 2 is 1.69 bits per heavy atom. The minimum Gasteiger partial charge on any atom is -0.316 e. The fourth-order valence-corrected chi connectivity index (χ4v) is 4.30. The molecule has 2 aromatic heterocycles. The molecule has 0 N–H and O–H groups in total. The lowest BCUT2D eigenvalue weighted by atomic mass is 9.79. The standard InChI is InChI=1S/C22H16BrN3/c23-20-11-10-17(15-25-20)22(14-16-6-2-1-3-7-16)19-9-5-4-8-18(19)21-24-12-13-26(21)22/h1-13,15H,14H2. The van der Waals surface area contributed by atoms with Gasteiger partial charge in [-0.25, -0.2) is 9.97 Å². The predicted molar refractivity (Wildman–Crippen MR) is 106 cm³/mol. The third-order valence-electron chi connectivity index (χ3n) is 5.17. The predicted octanol–water partition coefficient (Wildman–Crippen LogP) is 5.06. The van der Waals surface area contributed by atoms with Gasteiger partial charge in [0.05, 0.1) is 0 Å². The van der Waals surface area contributed by atoms with Gasteiger partial charge in [0, 0.05) is 36.1 Å². The van der Waals surface area contributed by atoms with Crippen molar-refractivity contribution in [1.29, 1.82) is 0 Å². The highest BCUT2D eigenvalue weighted by atomic mass is 79.9.